The third-order valence-electron chi connectivity index (χ3n) is 3.71. The van der Waals surface area contributed by atoms with E-state index >= 15 is 0 Å². The molecule has 122 valence electrons. The van der Waals surface area contributed by atoms with Gasteiger partial charge in [-0.15, -0.1) is 0 Å². The first-order valence-corrected chi connectivity index (χ1v) is 7.65. The first-order chi connectivity index (χ1) is 12.1. The number of hydrogen-bond acceptors (Lipinski definition) is 3. The average molecular weight is 329 g/mol. The van der Waals surface area contributed by atoms with Gasteiger partial charge < -0.3 is 5.11 Å². The number of aliphatic carboxylic acids is 1. The number of para-hydroxylation sites is 1. The third-order valence-corrected chi connectivity index (χ3v) is 3.71. The molecule has 0 amide bonds. The van der Waals surface area contributed by atoms with Crippen LogP contribution in [0.5, 0.6) is 0 Å². The molecule has 0 bridgehead atoms. The second kappa shape index (κ2) is 6.85. The molecule has 1 N–H and O–H groups in total. The maximum absolute atomic E-state index is 11.2. The highest BCUT2D eigenvalue weighted by molar-refractivity contribution is 5.97. The molecular weight excluding hydrogens is 314 g/mol. The van der Waals surface area contributed by atoms with Gasteiger partial charge in [0.25, 0.3) is 0 Å². The number of carboxylic acids is 1. The van der Waals surface area contributed by atoms with E-state index in [1.807, 2.05) is 61.5 Å². The first-order valence-electron chi connectivity index (χ1n) is 7.65. The summed E-state index contributed by atoms with van der Waals surface area (Å²) in [6.07, 6.45) is 3.08. The lowest BCUT2D eigenvalue weighted by Gasteiger charge is -2.01. The van der Waals surface area contributed by atoms with Crippen molar-refractivity contribution in [3.05, 3.63) is 77.5 Å². The molecular formula is C20H15N3O2. The van der Waals surface area contributed by atoms with Crippen molar-refractivity contribution in [1.82, 2.24) is 9.78 Å². The number of rotatable bonds is 4. The number of hydrogen-bond donors (Lipinski definition) is 1. The van der Waals surface area contributed by atoms with Gasteiger partial charge in [-0.1, -0.05) is 42.0 Å². The van der Waals surface area contributed by atoms with Gasteiger partial charge in [-0.3, -0.25) is 0 Å². The molecule has 0 radical (unpaired) electrons. The Bertz CT molecular complexity index is 995. The Morgan fingerprint density at radius 2 is 1.96 bits per heavy atom. The fourth-order valence-corrected chi connectivity index (χ4v) is 2.52. The Hall–Kier alpha value is -3.65. The van der Waals surface area contributed by atoms with Crippen molar-refractivity contribution in [2.75, 3.05) is 0 Å². The molecule has 0 aliphatic heterocycles. The van der Waals surface area contributed by atoms with Crippen molar-refractivity contribution in [2.24, 2.45) is 0 Å². The van der Waals surface area contributed by atoms with Crippen molar-refractivity contribution >= 4 is 12.0 Å². The summed E-state index contributed by atoms with van der Waals surface area (Å²) in [5, 5.41) is 22.8. The number of carbonyl (C=O) groups is 1. The summed E-state index contributed by atoms with van der Waals surface area (Å²) >= 11 is 0. The lowest BCUT2D eigenvalue weighted by atomic mass is 10.0. The molecule has 2 aromatic carbocycles. The van der Waals surface area contributed by atoms with Gasteiger partial charge in [-0.2, -0.15) is 10.4 Å². The summed E-state index contributed by atoms with van der Waals surface area (Å²) in [6.45, 7) is 1.98. The van der Waals surface area contributed by atoms with Crippen LogP contribution in [0.3, 0.4) is 0 Å². The second-order valence-electron chi connectivity index (χ2n) is 5.56. The summed E-state index contributed by atoms with van der Waals surface area (Å²) in [4.78, 5) is 11.2. The SMILES string of the molecule is Cc1cccc(-c2nn(-c3ccccc3)cc2/C=C(\C#N)C(=O)O)c1. The van der Waals surface area contributed by atoms with Crippen LogP contribution in [0.4, 0.5) is 0 Å². The maximum Gasteiger partial charge on any atom is 0.346 e. The molecule has 1 heterocycles. The van der Waals surface area contributed by atoms with E-state index in [0.29, 0.717) is 11.3 Å². The molecule has 0 saturated carbocycles. The number of aromatic nitrogens is 2. The molecule has 0 saturated heterocycles. The minimum absolute atomic E-state index is 0.332. The van der Waals surface area contributed by atoms with Crippen molar-refractivity contribution < 1.29 is 9.90 Å². The van der Waals surface area contributed by atoms with Crippen LogP contribution >= 0.6 is 0 Å². The van der Waals surface area contributed by atoms with Gasteiger partial charge in [0.2, 0.25) is 0 Å². The zero-order valence-corrected chi connectivity index (χ0v) is 13.5. The molecule has 25 heavy (non-hydrogen) atoms. The number of carboxylic acid groups (broad SMARTS) is 1. The molecule has 0 spiro atoms. The van der Waals surface area contributed by atoms with Crippen LogP contribution in [0.15, 0.2) is 66.4 Å². The predicted octanol–water partition coefficient (Wildman–Crippen LogP) is 3.84. The van der Waals surface area contributed by atoms with Gasteiger partial charge in [-0.25, -0.2) is 9.48 Å². The lowest BCUT2D eigenvalue weighted by molar-refractivity contribution is -0.132. The van der Waals surface area contributed by atoms with E-state index in [1.54, 1.807) is 16.9 Å². The molecule has 0 atom stereocenters. The number of nitrogens with zero attached hydrogens (tertiary/aromatic N) is 3. The molecule has 0 fully saturated rings. The van der Waals surface area contributed by atoms with Gasteiger partial charge in [0.1, 0.15) is 17.3 Å². The third kappa shape index (κ3) is 3.48. The van der Waals surface area contributed by atoms with Crippen LogP contribution < -0.4 is 0 Å². The number of benzene rings is 2. The smallest absolute Gasteiger partial charge is 0.346 e. The van der Waals surface area contributed by atoms with E-state index < -0.39 is 5.97 Å². The zero-order chi connectivity index (χ0) is 17.8. The van der Waals surface area contributed by atoms with Crippen LogP contribution in [0, 0.1) is 18.3 Å². The Labute approximate surface area is 145 Å². The highest BCUT2D eigenvalue weighted by atomic mass is 16.4. The van der Waals surface area contributed by atoms with Crippen LogP contribution in [-0.4, -0.2) is 20.9 Å². The van der Waals surface area contributed by atoms with Crippen molar-refractivity contribution in [3.8, 4) is 23.0 Å². The van der Waals surface area contributed by atoms with Crippen molar-refractivity contribution in [2.45, 2.75) is 6.92 Å². The van der Waals surface area contributed by atoms with E-state index in [1.165, 1.54) is 6.08 Å². The summed E-state index contributed by atoms with van der Waals surface area (Å²) in [5.74, 6) is -1.26. The zero-order valence-electron chi connectivity index (χ0n) is 13.5. The normalized spacial score (nSPS) is 11.1. The van der Waals surface area contributed by atoms with E-state index in [4.69, 9.17) is 10.4 Å². The molecule has 0 aliphatic carbocycles. The maximum atomic E-state index is 11.2. The Kier molecular flexibility index (Phi) is 4.44. The molecule has 3 aromatic rings. The Morgan fingerprint density at radius 1 is 1.20 bits per heavy atom. The van der Waals surface area contributed by atoms with Crippen LogP contribution in [0.2, 0.25) is 0 Å². The van der Waals surface area contributed by atoms with Crippen LogP contribution in [0.25, 0.3) is 23.0 Å². The van der Waals surface area contributed by atoms with Crippen molar-refractivity contribution in [1.29, 1.82) is 5.26 Å². The van der Waals surface area contributed by atoms with Crippen LogP contribution in [0.1, 0.15) is 11.1 Å². The lowest BCUT2D eigenvalue weighted by Crippen LogP contribution is -1.97. The fourth-order valence-electron chi connectivity index (χ4n) is 2.52. The van der Waals surface area contributed by atoms with E-state index in [-0.39, 0.29) is 5.57 Å². The standard InChI is InChI=1S/C20H15N3O2/c1-14-6-5-7-15(10-14)19-17(11-16(12-21)20(24)25)13-23(22-19)18-8-3-2-4-9-18/h2-11,13H,1H3,(H,24,25)/b16-11+. The quantitative estimate of drug-likeness (QED) is 0.582. The van der Waals surface area contributed by atoms with E-state index in [9.17, 15) is 4.79 Å². The highest BCUT2D eigenvalue weighted by Crippen LogP contribution is 2.26. The highest BCUT2D eigenvalue weighted by Gasteiger charge is 2.14. The minimum Gasteiger partial charge on any atom is -0.477 e. The first kappa shape index (κ1) is 16.2. The molecule has 5 nitrogen and oxygen atoms in total. The largest absolute Gasteiger partial charge is 0.477 e. The Morgan fingerprint density at radius 3 is 2.60 bits per heavy atom. The monoisotopic (exact) mass is 329 g/mol. The average Bonchev–Trinajstić information content (AvgIpc) is 3.04. The van der Waals surface area contributed by atoms with Crippen LogP contribution in [-0.2, 0) is 4.79 Å². The van der Waals surface area contributed by atoms with Gasteiger partial charge in [0.15, 0.2) is 0 Å². The van der Waals surface area contributed by atoms with Gasteiger partial charge >= 0.3 is 5.97 Å². The second-order valence-corrected chi connectivity index (χ2v) is 5.56. The molecule has 3 rings (SSSR count). The predicted molar refractivity (Wildman–Crippen MR) is 95.0 cm³/mol. The minimum atomic E-state index is -1.26. The number of nitriles is 1. The van der Waals surface area contributed by atoms with Gasteiger partial charge in [-0.05, 0) is 31.2 Å². The summed E-state index contributed by atoms with van der Waals surface area (Å²) in [6, 6.07) is 19.0. The summed E-state index contributed by atoms with van der Waals surface area (Å²) in [7, 11) is 0. The number of aryl methyl sites for hydroxylation is 1. The molecule has 1 aromatic heterocycles. The fraction of sp³-hybridized carbons (Fsp3) is 0.0500. The van der Waals surface area contributed by atoms with Crippen molar-refractivity contribution in [3.63, 3.8) is 0 Å². The molecule has 0 aliphatic rings. The topological polar surface area (TPSA) is 78.9 Å². The molecule has 0 unspecified atom stereocenters. The van der Waals surface area contributed by atoms with Gasteiger partial charge in [0.05, 0.1) is 5.69 Å². The summed E-state index contributed by atoms with van der Waals surface area (Å²) in [5.41, 5.74) is 3.66. The van der Waals surface area contributed by atoms with Gasteiger partial charge in [0, 0.05) is 17.3 Å². The van der Waals surface area contributed by atoms with E-state index in [0.717, 1.165) is 16.8 Å². The van der Waals surface area contributed by atoms with E-state index in [2.05, 4.69) is 5.10 Å². The molecule has 5 heteroatoms. The Balaban J connectivity index is 2.20. The summed E-state index contributed by atoms with van der Waals surface area (Å²) < 4.78 is 1.68.